The first kappa shape index (κ1) is 23.6. The van der Waals surface area contributed by atoms with E-state index >= 15 is 0 Å². The van der Waals surface area contributed by atoms with Gasteiger partial charge >= 0.3 is 201 Å². The second kappa shape index (κ2) is 12.1. The van der Waals surface area contributed by atoms with Crippen LogP contribution < -0.4 is 0 Å². The second-order valence-corrected chi connectivity index (χ2v) is 10.9. The summed E-state index contributed by atoms with van der Waals surface area (Å²) >= 11 is 8.86. The monoisotopic (exact) mass is 570 g/mol. The summed E-state index contributed by atoms with van der Waals surface area (Å²) in [5.41, 5.74) is 1.97. The van der Waals surface area contributed by atoms with E-state index in [0.717, 1.165) is 14.7 Å². The third kappa shape index (κ3) is 8.16. The molecule has 31 heavy (non-hydrogen) atoms. The van der Waals surface area contributed by atoms with Crippen molar-refractivity contribution in [2.75, 3.05) is 0 Å². The molecule has 7 heteroatoms. The van der Waals surface area contributed by atoms with Gasteiger partial charge in [0.2, 0.25) is 0 Å². The number of halogens is 3. The van der Waals surface area contributed by atoms with Gasteiger partial charge in [-0.1, -0.05) is 0 Å². The summed E-state index contributed by atoms with van der Waals surface area (Å²) in [7, 11) is 0. The van der Waals surface area contributed by atoms with Crippen LogP contribution in [-0.2, 0) is 28.6 Å². The first-order valence-corrected chi connectivity index (χ1v) is 13.3. The van der Waals surface area contributed by atoms with E-state index in [1.807, 2.05) is 54.6 Å². The standard InChI is InChI=1S/C24H21Cl2IO4/c25-20-12-6-18(7-13-20)10-16-23(28)30-27(22-4-2-1-3-5-22)31-24(29)17-11-19-8-14-21(26)15-9-19/h1-9,12-15H,10-11,16-17H2. The molecule has 0 aliphatic heterocycles. The number of carbonyl (C=O) groups excluding carboxylic acids is 2. The molecule has 0 aliphatic carbocycles. The Morgan fingerprint density at radius 2 is 1.06 bits per heavy atom. The van der Waals surface area contributed by atoms with Crippen LogP contribution in [0.25, 0.3) is 0 Å². The number of hydrogen-bond donors (Lipinski definition) is 0. The van der Waals surface area contributed by atoms with Crippen LogP contribution in [0.5, 0.6) is 0 Å². The topological polar surface area (TPSA) is 52.6 Å². The van der Waals surface area contributed by atoms with Gasteiger partial charge in [0.1, 0.15) is 0 Å². The fourth-order valence-electron chi connectivity index (χ4n) is 2.65. The van der Waals surface area contributed by atoms with Crippen LogP contribution in [0.4, 0.5) is 0 Å². The molecule has 0 N–H and O–H groups in total. The zero-order valence-corrected chi connectivity index (χ0v) is 20.3. The van der Waals surface area contributed by atoms with Crippen LogP contribution in [0.2, 0.25) is 10.0 Å². The summed E-state index contributed by atoms with van der Waals surface area (Å²) in [6.45, 7) is 0. The van der Waals surface area contributed by atoms with Gasteiger partial charge in [0, 0.05) is 0 Å². The molecule has 4 nitrogen and oxygen atoms in total. The van der Waals surface area contributed by atoms with Crippen molar-refractivity contribution in [1.29, 1.82) is 0 Å². The molecule has 3 rings (SSSR count). The molecule has 0 aromatic heterocycles. The average Bonchev–Trinajstić information content (AvgIpc) is 2.78. The van der Waals surface area contributed by atoms with Gasteiger partial charge in [0.15, 0.2) is 0 Å². The predicted molar refractivity (Wildman–Crippen MR) is 131 cm³/mol. The van der Waals surface area contributed by atoms with Crippen LogP contribution >= 0.6 is 43.9 Å². The Kier molecular flexibility index (Phi) is 9.18. The number of carbonyl (C=O) groups is 2. The van der Waals surface area contributed by atoms with Crippen molar-refractivity contribution in [2.45, 2.75) is 25.7 Å². The van der Waals surface area contributed by atoms with Crippen LogP contribution in [-0.4, -0.2) is 11.9 Å². The molecule has 0 fully saturated rings. The summed E-state index contributed by atoms with van der Waals surface area (Å²) in [6, 6.07) is 23.8. The van der Waals surface area contributed by atoms with Gasteiger partial charge in [-0.2, -0.15) is 0 Å². The number of hydrogen-bond acceptors (Lipinski definition) is 4. The van der Waals surface area contributed by atoms with Crippen molar-refractivity contribution >= 4 is 55.8 Å². The maximum absolute atomic E-state index is 12.4. The molecular weight excluding hydrogens is 550 g/mol. The minimum atomic E-state index is -2.92. The van der Waals surface area contributed by atoms with Crippen LogP contribution in [0.3, 0.4) is 0 Å². The van der Waals surface area contributed by atoms with Gasteiger partial charge in [-0.15, -0.1) is 0 Å². The molecule has 0 saturated carbocycles. The van der Waals surface area contributed by atoms with E-state index in [2.05, 4.69) is 0 Å². The molecular formula is C24H21Cl2IO4. The fraction of sp³-hybridized carbons (Fsp3) is 0.167. The minimum absolute atomic E-state index is 0.199. The van der Waals surface area contributed by atoms with E-state index in [1.165, 1.54) is 0 Å². The quantitative estimate of drug-likeness (QED) is 0.264. The normalized spacial score (nSPS) is 11.0. The summed E-state index contributed by atoms with van der Waals surface area (Å²) in [6.07, 6.45) is 1.45. The zero-order valence-electron chi connectivity index (χ0n) is 16.6. The summed E-state index contributed by atoms with van der Waals surface area (Å²) in [5, 5.41) is 1.30. The van der Waals surface area contributed by atoms with Gasteiger partial charge in [0.25, 0.3) is 0 Å². The molecule has 0 bridgehead atoms. The molecule has 0 saturated heterocycles. The predicted octanol–water partition coefficient (Wildman–Crippen LogP) is 6.85. The molecule has 0 radical (unpaired) electrons. The van der Waals surface area contributed by atoms with Crippen molar-refractivity contribution in [3.8, 4) is 0 Å². The van der Waals surface area contributed by atoms with Gasteiger partial charge in [-0.3, -0.25) is 0 Å². The van der Waals surface area contributed by atoms with E-state index in [4.69, 9.17) is 29.3 Å². The molecule has 0 atom stereocenters. The van der Waals surface area contributed by atoms with Crippen LogP contribution in [0, 0.1) is 3.57 Å². The van der Waals surface area contributed by atoms with E-state index in [1.54, 1.807) is 24.3 Å². The van der Waals surface area contributed by atoms with Crippen molar-refractivity contribution in [2.24, 2.45) is 0 Å². The van der Waals surface area contributed by atoms with Crippen molar-refractivity contribution < 1.29 is 15.7 Å². The van der Waals surface area contributed by atoms with E-state index in [9.17, 15) is 9.59 Å². The van der Waals surface area contributed by atoms with E-state index < -0.39 is 20.6 Å². The zero-order chi connectivity index (χ0) is 22.1. The maximum atomic E-state index is 12.4. The summed E-state index contributed by atoms with van der Waals surface area (Å²) < 4.78 is 12.1. The van der Waals surface area contributed by atoms with Crippen molar-refractivity contribution in [3.05, 3.63) is 104 Å². The third-order valence-corrected chi connectivity index (χ3v) is 8.31. The molecule has 0 heterocycles. The Hall–Kier alpha value is -2.09. The van der Waals surface area contributed by atoms with Crippen LogP contribution in [0.1, 0.15) is 24.0 Å². The van der Waals surface area contributed by atoms with Gasteiger partial charge in [0.05, 0.1) is 0 Å². The Labute approximate surface area is 200 Å². The Bertz CT molecular complexity index is 929. The molecule has 3 aromatic rings. The number of benzene rings is 3. The van der Waals surface area contributed by atoms with Crippen LogP contribution in [0.15, 0.2) is 78.9 Å². The van der Waals surface area contributed by atoms with Crippen molar-refractivity contribution in [3.63, 3.8) is 0 Å². The first-order valence-electron chi connectivity index (χ1n) is 9.66. The first-order chi connectivity index (χ1) is 15.0. The Morgan fingerprint density at radius 3 is 1.48 bits per heavy atom. The molecule has 0 unspecified atom stereocenters. The fourth-order valence-corrected chi connectivity index (χ4v) is 5.84. The second-order valence-electron chi connectivity index (χ2n) is 6.66. The molecule has 3 aromatic carbocycles. The number of rotatable bonds is 9. The summed E-state index contributed by atoms with van der Waals surface area (Å²) in [5.74, 6) is -0.760. The van der Waals surface area contributed by atoms with Gasteiger partial charge < -0.3 is 0 Å². The molecule has 162 valence electrons. The molecule has 0 amide bonds. The van der Waals surface area contributed by atoms with Gasteiger partial charge in [-0.05, 0) is 0 Å². The Balaban J connectivity index is 1.57. The van der Waals surface area contributed by atoms with Crippen molar-refractivity contribution in [1.82, 2.24) is 0 Å². The Morgan fingerprint density at radius 1 is 0.645 bits per heavy atom. The van der Waals surface area contributed by atoms with E-state index in [-0.39, 0.29) is 24.8 Å². The molecule has 0 aliphatic rings. The van der Waals surface area contributed by atoms with Gasteiger partial charge in [-0.25, -0.2) is 0 Å². The third-order valence-electron chi connectivity index (χ3n) is 4.29. The number of aryl methyl sites for hydroxylation is 2. The van der Waals surface area contributed by atoms with E-state index in [0.29, 0.717) is 22.9 Å². The molecule has 0 spiro atoms. The average molecular weight is 571 g/mol. The SMILES string of the molecule is O=C(CCc1ccc(Cl)cc1)OI(OC(=O)CCc1ccc(Cl)cc1)c1ccccc1. The summed E-state index contributed by atoms with van der Waals surface area (Å²) in [4.78, 5) is 24.9.